The highest BCUT2D eigenvalue weighted by molar-refractivity contribution is 7.19. The van der Waals surface area contributed by atoms with Crippen molar-refractivity contribution in [2.75, 3.05) is 24.4 Å². The van der Waals surface area contributed by atoms with E-state index in [1.807, 2.05) is 18.2 Å². The van der Waals surface area contributed by atoms with Crippen molar-refractivity contribution in [2.45, 2.75) is 46.1 Å². The quantitative estimate of drug-likeness (QED) is 0.403. The number of hydrogen-bond acceptors (Lipinski definition) is 8. The fourth-order valence-corrected chi connectivity index (χ4v) is 4.26. The average molecular weight is 440 g/mol. The first kappa shape index (κ1) is 22.8. The summed E-state index contributed by atoms with van der Waals surface area (Å²) in [4.78, 5) is 26.6. The van der Waals surface area contributed by atoms with E-state index in [0.717, 1.165) is 33.5 Å². The Labute approximate surface area is 187 Å². The number of ether oxygens (including phenoxy) is 1. The Kier molecular flexibility index (Phi) is 7.70. The number of aromatic nitrogens is 3. The molecule has 0 bridgehead atoms. The van der Waals surface area contributed by atoms with E-state index in [1.54, 1.807) is 43.7 Å². The highest BCUT2D eigenvalue weighted by Gasteiger charge is 2.20. The van der Waals surface area contributed by atoms with Crippen LogP contribution in [0.25, 0.3) is 10.6 Å². The number of carbonyl (C=O) groups is 1. The monoisotopic (exact) mass is 439 g/mol. The van der Waals surface area contributed by atoms with Gasteiger partial charge in [-0.2, -0.15) is 0 Å². The van der Waals surface area contributed by atoms with Crippen LogP contribution in [0.3, 0.4) is 0 Å². The molecule has 2 heterocycles. The lowest BCUT2D eigenvalue weighted by atomic mass is 10.0. The smallest absolute Gasteiger partial charge is 0.227 e. The number of benzene rings is 1. The fraction of sp³-hybridized carbons (Fsp3) is 0.391. The lowest BCUT2D eigenvalue weighted by Crippen LogP contribution is -2.20. The highest BCUT2D eigenvalue weighted by Crippen LogP contribution is 2.37. The summed E-state index contributed by atoms with van der Waals surface area (Å²) in [7, 11) is 1.69. The van der Waals surface area contributed by atoms with Crippen LogP contribution < -0.4 is 10.6 Å². The zero-order chi connectivity index (χ0) is 22.4. The minimum Gasteiger partial charge on any atom is -0.383 e. The maximum atomic E-state index is 11.7. The van der Waals surface area contributed by atoms with Crippen molar-refractivity contribution in [3.63, 3.8) is 0 Å². The van der Waals surface area contributed by atoms with Crippen molar-refractivity contribution in [1.29, 1.82) is 0 Å². The molecule has 31 heavy (non-hydrogen) atoms. The van der Waals surface area contributed by atoms with Gasteiger partial charge in [-0.3, -0.25) is 4.79 Å². The van der Waals surface area contributed by atoms with E-state index in [1.165, 1.54) is 0 Å². The summed E-state index contributed by atoms with van der Waals surface area (Å²) in [6.07, 6.45) is 2.72. The first-order valence-corrected chi connectivity index (χ1v) is 11.2. The SMILES string of the molecule is CCC(C)c1nc(NC(C)COC)sc1-c1ccnc(Nc2cccc(C(C)=O)c2)n1. The summed E-state index contributed by atoms with van der Waals surface area (Å²) in [5.41, 5.74) is 3.26. The Morgan fingerprint density at radius 1 is 1.23 bits per heavy atom. The molecule has 3 rings (SSSR count). The summed E-state index contributed by atoms with van der Waals surface area (Å²) in [5.74, 6) is 0.797. The third kappa shape index (κ3) is 5.86. The number of hydrogen-bond donors (Lipinski definition) is 2. The van der Waals surface area contributed by atoms with Crippen molar-refractivity contribution < 1.29 is 9.53 Å². The van der Waals surface area contributed by atoms with Gasteiger partial charge in [-0.05, 0) is 44.4 Å². The van der Waals surface area contributed by atoms with Crippen molar-refractivity contribution in [1.82, 2.24) is 15.0 Å². The maximum absolute atomic E-state index is 11.7. The van der Waals surface area contributed by atoms with E-state index < -0.39 is 0 Å². The second-order valence-electron chi connectivity index (χ2n) is 7.57. The summed E-state index contributed by atoms with van der Waals surface area (Å²) in [6.45, 7) is 8.55. The first-order valence-electron chi connectivity index (χ1n) is 10.4. The van der Waals surface area contributed by atoms with Gasteiger partial charge in [-0.15, -0.1) is 0 Å². The van der Waals surface area contributed by atoms with Crippen LogP contribution in [0, 0.1) is 0 Å². The number of carbonyl (C=O) groups excluding carboxylic acids is 1. The molecule has 0 aliphatic heterocycles. The third-order valence-electron chi connectivity index (χ3n) is 4.93. The molecule has 1 aromatic carbocycles. The Balaban J connectivity index is 1.91. The summed E-state index contributed by atoms with van der Waals surface area (Å²) < 4.78 is 5.23. The Bertz CT molecular complexity index is 1040. The van der Waals surface area contributed by atoms with Crippen LogP contribution in [-0.2, 0) is 4.74 Å². The fourth-order valence-electron chi connectivity index (χ4n) is 3.10. The second-order valence-corrected chi connectivity index (χ2v) is 8.57. The van der Waals surface area contributed by atoms with Crippen LogP contribution in [-0.4, -0.2) is 40.5 Å². The lowest BCUT2D eigenvalue weighted by Gasteiger charge is -2.11. The topological polar surface area (TPSA) is 89.0 Å². The van der Waals surface area contributed by atoms with Gasteiger partial charge in [0.05, 0.1) is 22.9 Å². The zero-order valence-electron chi connectivity index (χ0n) is 18.6. The van der Waals surface area contributed by atoms with Crippen LogP contribution in [0.15, 0.2) is 36.5 Å². The number of ketones is 1. The van der Waals surface area contributed by atoms with E-state index in [0.29, 0.717) is 24.0 Å². The Hall–Kier alpha value is -2.84. The molecule has 2 unspecified atom stereocenters. The molecule has 2 atom stereocenters. The van der Waals surface area contributed by atoms with Gasteiger partial charge in [0.2, 0.25) is 5.95 Å². The van der Waals surface area contributed by atoms with Crippen LogP contribution in [0.1, 0.15) is 56.1 Å². The normalized spacial score (nSPS) is 12.9. The Morgan fingerprint density at radius 3 is 2.74 bits per heavy atom. The standard InChI is InChI=1S/C23H29N5O2S/c1-6-14(2)20-21(31-23(28-20)25-15(3)13-30-5)19-10-11-24-22(27-19)26-18-9-7-8-17(12-18)16(4)29/h7-12,14-15H,6,13H2,1-5H3,(H,25,28)(H,24,26,27). The molecular formula is C23H29N5O2S. The van der Waals surface area contributed by atoms with Crippen LogP contribution in [0.5, 0.6) is 0 Å². The number of Topliss-reactive ketones (excluding diaryl/α,β-unsaturated/α-hetero) is 1. The number of thiazole rings is 1. The number of nitrogens with one attached hydrogen (secondary N) is 2. The van der Waals surface area contributed by atoms with E-state index in [4.69, 9.17) is 14.7 Å². The number of anilines is 3. The molecule has 0 saturated heterocycles. The third-order valence-corrected chi connectivity index (χ3v) is 5.96. The predicted octanol–water partition coefficient (Wildman–Crippen LogP) is 5.51. The van der Waals surface area contributed by atoms with Gasteiger partial charge in [0.25, 0.3) is 0 Å². The Morgan fingerprint density at radius 2 is 2.03 bits per heavy atom. The highest BCUT2D eigenvalue weighted by atomic mass is 32.1. The van der Waals surface area contributed by atoms with Gasteiger partial charge >= 0.3 is 0 Å². The molecule has 3 aromatic rings. The molecule has 0 fully saturated rings. The molecule has 0 saturated carbocycles. The lowest BCUT2D eigenvalue weighted by molar-refractivity contribution is 0.101. The van der Waals surface area contributed by atoms with E-state index in [2.05, 4.69) is 36.4 Å². The van der Waals surface area contributed by atoms with Crippen molar-refractivity contribution in [2.24, 2.45) is 0 Å². The minimum atomic E-state index is 0.0175. The summed E-state index contributed by atoms with van der Waals surface area (Å²) >= 11 is 1.59. The maximum Gasteiger partial charge on any atom is 0.227 e. The summed E-state index contributed by atoms with van der Waals surface area (Å²) in [5, 5.41) is 7.48. The second kappa shape index (κ2) is 10.5. The molecule has 2 N–H and O–H groups in total. The molecule has 0 aliphatic rings. The molecule has 7 nitrogen and oxygen atoms in total. The summed E-state index contributed by atoms with van der Waals surface area (Å²) in [6, 6.07) is 9.38. The van der Waals surface area contributed by atoms with Gasteiger partial charge in [0, 0.05) is 30.6 Å². The van der Waals surface area contributed by atoms with Crippen molar-refractivity contribution in [3.05, 3.63) is 47.8 Å². The van der Waals surface area contributed by atoms with E-state index >= 15 is 0 Å². The van der Waals surface area contributed by atoms with Crippen LogP contribution in [0.2, 0.25) is 0 Å². The largest absolute Gasteiger partial charge is 0.383 e. The molecule has 0 spiro atoms. The van der Waals surface area contributed by atoms with Crippen molar-refractivity contribution in [3.8, 4) is 10.6 Å². The van der Waals surface area contributed by atoms with E-state index in [9.17, 15) is 4.79 Å². The number of rotatable bonds is 10. The molecular weight excluding hydrogens is 410 g/mol. The van der Waals surface area contributed by atoms with Crippen molar-refractivity contribution >= 4 is 33.9 Å². The van der Waals surface area contributed by atoms with Gasteiger partial charge in [0.1, 0.15) is 0 Å². The zero-order valence-corrected chi connectivity index (χ0v) is 19.4. The number of methoxy groups -OCH3 is 1. The predicted molar refractivity (Wildman–Crippen MR) is 127 cm³/mol. The number of nitrogens with zero attached hydrogens (tertiary/aromatic N) is 3. The van der Waals surface area contributed by atoms with Gasteiger partial charge in [-0.25, -0.2) is 15.0 Å². The molecule has 0 radical (unpaired) electrons. The molecule has 164 valence electrons. The van der Waals surface area contributed by atoms with Gasteiger partial charge in [0.15, 0.2) is 10.9 Å². The van der Waals surface area contributed by atoms with Crippen LogP contribution in [0.4, 0.5) is 16.8 Å². The molecule has 8 heteroatoms. The van der Waals surface area contributed by atoms with Crippen LogP contribution >= 0.6 is 11.3 Å². The average Bonchev–Trinajstić information content (AvgIpc) is 3.17. The van der Waals surface area contributed by atoms with Gasteiger partial charge in [-0.1, -0.05) is 37.3 Å². The molecule has 2 aromatic heterocycles. The minimum absolute atomic E-state index is 0.0175. The first-order chi connectivity index (χ1) is 14.9. The molecule has 0 aliphatic carbocycles. The van der Waals surface area contributed by atoms with Gasteiger partial charge < -0.3 is 15.4 Å². The molecule has 0 amide bonds. The van der Waals surface area contributed by atoms with E-state index in [-0.39, 0.29) is 11.8 Å².